The van der Waals surface area contributed by atoms with Crippen LogP contribution in [-0.4, -0.2) is 117 Å². The minimum Gasteiger partial charge on any atom is -0.465 e. The second-order valence-electron chi connectivity index (χ2n) is 12.9. The molecule has 10 N–H and O–H groups in total. The number of carbonyl (C=O) groups excluding carboxylic acids is 2. The number of aromatic nitrogens is 8. The van der Waals surface area contributed by atoms with Crippen molar-refractivity contribution in [2.75, 3.05) is 37.4 Å². The Morgan fingerprint density at radius 1 is 0.783 bits per heavy atom. The van der Waals surface area contributed by atoms with Crippen molar-refractivity contribution in [3.8, 4) is 0 Å². The molecule has 0 aliphatic rings. The van der Waals surface area contributed by atoms with Gasteiger partial charge in [-0.3, -0.25) is 23.4 Å². The number of imidazole rings is 2. The number of nitrogens with two attached hydrogens (primary N) is 3. The number of nitrogen functional groups attached to an aromatic ring is 2. The van der Waals surface area contributed by atoms with Crippen molar-refractivity contribution in [3.63, 3.8) is 0 Å². The minimum atomic E-state index is -4.16. The Bertz CT molecular complexity index is 1970. The first kappa shape index (κ1) is 56.6. The summed E-state index contributed by atoms with van der Waals surface area (Å²) in [5, 5.41) is 2.39. The molecule has 23 nitrogen and oxygen atoms in total. The molecule has 0 aliphatic heterocycles. The molecule has 28 heteroatoms. The van der Waals surface area contributed by atoms with Crippen LogP contribution in [0, 0.1) is 0 Å². The van der Waals surface area contributed by atoms with E-state index in [2.05, 4.69) is 36.4 Å². The molecule has 4 aromatic heterocycles. The van der Waals surface area contributed by atoms with Gasteiger partial charge in [-0.2, -0.15) is 0 Å². The Morgan fingerprint density at radius 2 is 1.20 bits per heavy atom. The van der Waals surface area contributed by atoms with E-state index in [0.29, 0.717) is 42.0 Å². The number of rotatable bonds is 20. The molecule has 0 aliphatic carbocycles. The van der Waals surface area contributed by atoms with Crippen molar-refractivity contribution >= 4 is 73.4 Å². The zero-order chi connectivity index (χ0) is 44.8. The third-order valence-electron chi connectivity index (χ3n) is 7.43. The summed E-state index contributed by atoms with van der Waals surface area (Å²) in [6.45, 7) is 12.1. The average molecular weight is 956 g/mol. The molecule has 341 valence electrons. The number of nitrogens with zero attached hydrogens (tertiary/aromatic N) is 8. The maximum atomic E-state index is 12.3. The molecule has 4 aromatic rings. The molecule has 0 spiro atoms. The summed E-state index contributed by atoms with van der Waals surface area (Å²) in [4.78, 5) is 74.1. The molecule has 0 bridgehead atoms. The van der Waals surface area contributed by atoms with Gasteiger partial charge in [0.15, 0.2) is 22.9 Å². The average Bonchev–Trinajstić information content (AvgIpc) is 3.79. The molecule has 5 atom stereocenters. The Morgan fingerprint density at radius 3 is 1.60 bits per heavy atom. The van der Waals surface area contributed by atoms with Gasteiger partial charge in [0.05, 0.1) is 51.2 Å². The molecule has 0 aromatic carbocycles. The quantitative estimate of drug-likeness (QED) is 0.0380. The number of halogens is 2. The Kier molecular flexibility index (Phi) is 27.4. The van der Waals surface area contributed by atoms with Crippen LogP contribution in [0.1, 0.15) is 67.2 Å². The number of esters is 2. The van der Waals surface area contributed by atoms with Crippen LogP contribution < -0.4 is 22.3 Å². The smallest absolute Gasteiger partial charge is 0.350 e. The summed E-state index contributed by atoms with van der Waals surface area (Å²) >= 11 is 0. The molecule has 0 saturated heterocycles. The fraction of sp³-hybridized carbons (Fsp3) is 0.625. The standard InChI is InChI=1S/C16H27N6O5P.C9H14N5O4P.C7H15NO2.ClH.FH.V/c1-4-5-6-26-16(23)12(3)21-28(24,25)10-27-11(2)7-22-9-20-13-14(17)18-8-19-15(13)22;1-6(18-5-19(15,16)17)2-14-4-13-7-8(10)11-3-12-9(7)14;1-3-4-5-10-7(9)6(2)8;;;/h8-9,11-12H,4-7,10H2,1-3H3,(H2,17,18,19)(H2,21,24,25);3-4,6H,2,5H2,1H3,(H2,10,11,12)(H2,15,16,17);6H,3-5,8H2,1-2H3;2*1H;/t11-,12+;2*6-;;;/m110.../s1/i/hT. The maximum absolute atomic E-state index is 12.3. The van der Waals surface area contributed by atoms with Gasteiger partial charge in [0.25, 0.3) is 8.97 Å². The van der Waals surface area contributed by atoms with Crippen LogP contribution in [0.4, 0.5) is 16.4 Å². The zero-order valence-corrected chi connectivity index (χ0v) is 38.2. The SMILES string of the molecule is CCCCOC(=O)[C@H](C)N.CCCCOC(=O)[C@H](C)NP(=O)(O)CO[C@H](C)Cn1cnc2c(N)ncnc21.C[C@H](Cn1cnc2c(N)ncnc21)OCP(=O)(O)O.Cl.[3H]F.[V]. The molecule has 0 saturated carbocycles. The van der Waals surface area contributed by atoms with E-state index < -0.39 is 58.1 Å². The summed E-state index contributed by atoms with van der Waals surface area (Å²) in [5.74, 6) is -0.319. The number of fused-ring (bicyclic) bond motifs is 2. The van der Waals surface area contributed by atoms with Gasteiger partial charge in [0, 0.05) is 18.6 Å². The van der Waals surface area contributed by atoms with Gasteiger partial charge in [-0.05, 0) is 40.5 Å². The Labute approximate surface area is 366 Å². The van der Waals surface area contributed by atoms with Gasteiger partial charge >= 0.3 is 19.5 Å². The first-order valence-corrected chi connectivity index (χ1v) is 21.7. The van der Waals surface area contributed by atoms with E-state index in [9.17, 15) is 23.6 Å². The van der Waals surface area contributed by atoms with E-state index >= 15 is 0 Å². The van der Waals surface area contributed by atoms with Crippen molar-refractivity contribution in [3.05, 3.63) is 25.3 Å². The second-order valence-corrected chi connectivity index (χ2v) is 16.4. The van der Waals surface area contributed by atoms with Crippen molar-refractivity contribution in [1.82, 2.24) is 44.1 Å². The van der Waals surface area contributed by atoms with Crippen molar-refractivity contribution in [2.24, 2.45) is 5.73 Å². The molecule has 0 fully saturated rings. The van der Waals surface area contributed by atoms with Gasteiger partial charge in [0.1, 0.15) is 48.5 Å². The third kappa shape index (κ3) is 21.4. The molecule has 1 radical (unpaired) electrons. The van der Waals surface area contributed by atoms with Gasteiger partial charge in [-0.25, -0.2) is 35.0 Å². The number of carbonyl (C=O) groups is 2. The fourth-order valence-corrected chi connectivity index (χ4v) is 6.15. The Hall–Kier alpha value is -3.38. The summed E-state index contributed by atoms with van der Waals surface area (Å²) in [7, 11) is -8.04. The summed E-state index contributed by atoms with van der Waals surface area (Å²) < 4.78 is 59.8. The van der Waals surface area contributed by atoms with E-state index in [-0.39, 0.29) is 55.2 Å². The summed E-state index contributed by atoms with van der Waals surface area (Å²) in [6, 6.07) is -1.40. The number of anilines is 2. The van der Waals surface area contributed by atoms with Crippen molar-refractivity contribution < 1.29 is 75.6 Å². The number of hydrogen-bond acceptors (Lipinski definition) is 17. The van der Waals surface area contributed by atoms with Crippen LogP contribution in [0.3, 0.4) is 0 Å². The molecule has 0 amide bonds. The van der Waals surface area contributed by atoms with Gasteiger partial charge in [-0.1, -0.05) is 26.7 Å². The number of unbranched alkanes of at least 4 members (excludes halogenated alkanes) is 2. The van der Waals surface area contributed by atoms with Crippen LogP contribution >= 0.6 is 27.5 Å². The van der Waals surface area contributed by atoms with Crippen LogP contribution in [0.25, 0.3) is 22.3 Å². The number of nitrogens with one attached hydrogen (secondary N) is 1. The van der Waals surface area contributed by atoms with Gasteiger partial charge < -0.3 is 60.0 Å². The molecule has 1 unspecified atom stereocenters. The number of hydrogen-bond donors (Lipinski definition) is 7. The molecule has 4 heterocycles. The van der Waals surface area contributed by atoms with Gasteiger partial charge in [0.2, 0.25) is 0 Å². The Balaban J connectivity index is 0. The van der Waals surface area contributed by atoms with Crippen LogP contribution in [0.5, 0.6) is 0 Å². The van der Waals surface area contributed by atoms with Crippen molar-refractivity contribution in [2.45, 2.75) is 105 Å². The molecular weight excluding hydrogens is 896 g/mol. The zero-order valence-electron chi connectivity index (χ0n) is 35.2. The van der Waals surface area contributed by atoms with Crippen molar-refractivity contribution in [1.29, 1.82) is 1.45 Å². The first-order chi connectivity index (χ1) is 27.8. The van der Waals surface area contributed by atoms with E-state index in [0.717, 1.165) is 25.7 Å². The molecule has 4 rings (SSSR count). The van der Waals surface area contributed by atoms with Crippen LogP contribution in [0.2, 0.25) is 0 Å². The largest absolute Gasteiger partial charge is 0.465 e. The summed E-state index contributed by atoms with van der Waals surface area (Å²) in [5.41, 5.74) is 18.7. The third-order valence-corrected chi connectivity index (χ3v) is 9.21. The first-order valence-electron chi connectivity index (χ1n) is 18.4. The van der Waals surface area contributed by atoms with E-state index in [1.807, 2.05) is 13.8 Å². The normalized spacial score (nSPS) is 14.0. The predicted octanol–water partition coefficient (Wildman–Crippen LogP) is 2.48. The second kappa shape index (κ2) is 29.0. The summed E-state index contributed by atoms with van der Waals surface area (Å²) in [6.07, 6.45) is 7.47. The van der Waals surface area contributed by atoms with E-state index in [4.69, 9.17) is 50.7 Å². The monoisotopic (exact) mass is 955 g/mol. The van der Waals surface area contributed by atoms with Gasteiger partial charge in [-0.15, -0.1) is 12.4 Å². The van der Waals surface area contributed by atoms with Crippen LogP contribution in [-0.2, 0) is 69.3 Å². The van der Waals surface area contributed by atoms with E-state index in [1.54, 1.807) is 36.2 Å². The van der Waals surface area contributed by atoms with E-state index in [1.165, 1.54) is 25.9 Å². The van der Waals surface area contributed by atoms with Crippen LogP contribution in [0.15, 0.2) is 25.3 Å². The minimum absolute atomic E-state index is 0. The topological polar surface area (TPSA) is 343 Å². The molecular formula is C32H58ClFN12O11P2V. The maximum Gasteiger partial charge on any atom is 0.350 e. The fourth-order valence-electron chi connectivity index (χ4n) is 4.46. The predicted molar refractivity (Wildman–Crippen MR) is 220 cm³/mol. The molecule has 60 heavy (non-hydrogen) atoms. The number of ether oxygens (including phenoxy) is 4.